The predicted octanol–water partition coefficient (Wildman–Crippen LogP) is 4.56. The Balaban J connectivity index is 2.07. The first-order valence-corrected chi connectivity index (χ1v) is 8.02. The van der Waals surface area contributed by atoms with E-state index in [9.17, 15) is 9.18 Å². The van der Waals surface area contributed by atoms with Crippen molar-refractivity contribution in [2.45, 2.75) is 19.5 Å². The molecule has 0 spiro atoms. The van der Waals surface area contributed by atoms with Crippen LogP contribution in [0.15, 0.2) is 46.9 Å². The Hall–Kier alpha value is -1.88. The minimum atomic E-state index is -0.490. The van der Waals surface area contributed by atoms with Crippen LogP contribution in [0, 0.1) is 5.82 Å². The normalized spacial score (nSPS) is 17.1. The molecule has 1 atom stereocenters. The lowest BCUT2D eigenvalue weighted by atomic mass is 10.0. The number of nitrogens with one attached hydrogen (secondary N) is 1. The van der Waals surface area contributed by atoms with Crippen LogP contribution in [0.1, 0.15) is 35.4 Å². The molecule has 1 aliphatic rings. The quantitative estimate of drug-likeness (QED) is 0.867. The molecule has 0 fully saturated rings. The van der Waals surface area contributed by atoms with Gasteiger partial charge in [-0.25, -0.2) is 4.39 Å². The number of amides is 1. The lowest BCUT2D eigenvalue weighted by Crippen LogP contribution is -2.43. The summed E-state index contributed by atoms with van der Waals surface area (Å²) >= 11 is 3.26. The molecule has 114 valence electrons. The minimum Gasteiger partial charge on any atom is -0.361 e. The zero-order chi connectivity index (χ0) is 15.7. The van der Waals surface area contributed by atoms with E-state index in [1.807, 2.05) is 25.1 Å². The monoisotopic (exact) mass is 362 g/mol. The van der Waals surface area contributed by atoms with Crippen LogP contribution in [0.2, 0.25) is 0 Å². The summed E-state index contributed by atoms with van der Waals surface area (Å²) in [5.41, 5.74) is 1.84. The van der Waals surface area contributed by atoms with Crippen molar-refractivity contribution in [1.29, 1.82) is 0 Å². The van der Waals surface area contributed by atoms with Gasteiger partial charge in [-0.15, -0.1) is 0 Å². The zero-order valence-electron chi connectivity index (χ0n) is 12.1. The molecule has 3 nitrogen and oxygen atoms in total. The van der Waals surface area contributed by atoms with Gasteiger partial charge in [0.15, 0.2) is 0 Å². The second-order valence-electron chi connectivity index (χ2n) is 5.26. The largest absolute Gasteiger partial charge is 0.361 e. The van der Waals surface area contributed by atoms with E-state index in [-0.39, 0.29) is 11.7 Å². The van der Waals surface area contributed by atoms with Crippen LogP contribution in [0.25, 0.3) is 0 Å². The standard InChI is InChI=1S/C17H16BrFN2O/c1-2-9-21-16(12-8-7-11(18)10-14(12)19)20-15-6-4-3-5-13(15)17(21)22/h3-8,10,16,20H,2,9H2,1H3. The second-order valence-corrected chi connectivity index (χ2v) is 6.17. The summed E-state index contributed by atoms with van der Waals surface area (Å²) in [7, 11) is 0. The lowest BCUT2D eigenvalue weighted by molar-refractivity contribution is 0.0680. The Morgan fingerprint density at radius 2 is 2.05 bits per heavy atom. The van der Waals surface area contributed by atoms with Gasteiger partial charge in [0.05, 0.1) is 5.56 Å². The molecule has 1 N–H and O–H groups in total. The lowest BCUT2D eigenvalue weighted by Gasteiger charge is -2.38. The average Bonchev–Trinajstić information content (AvgIpc) is 2.50. The summed E-state index contributed by atoms with van der Waals surface area (Å²) in [6.07, 6.45) is 0.319. The fraction of sp³-hybridized carbons (Fsp3) is 0.235. The molecule has 0 saturated heterocycles. The molecule has 1 unspecified atom stereocenters. The van der Waals surface area contributed by atoms with Gasteiger partial charge in [-0.2, -0.15) is 0 Å². The van der Waals surface area contributed by atoms with Gasteiger partial charge in [-0.1, -0.05) is 41.1 Å². The highest BCUT2D eigenvalue weighted by atomic mass is 79.9. The zero-order valence-corrected chi connectivity index (χ0v) is 13.7. The molecular weight excluding hydrogens is 347 g/mol. The van der Waals surface area contributed by atoms with Gasteiger partial charge in [0.2, 0.25) is 0 Å². The van der Waals surface area contributed by atoms with Crippen molar-refractivity contribution in [3.8, 4) is 0 Å². The maximum Gasteiger partial charge on any atom is 0.257 e. The van der Waals surface area contributed by atoms with Crippen molar-refractivity contribution in [2.24, 2.45) is 0 Å². The summed E-state index contributed by atoms with van der Waals surface area (Å²) < 4.78 is 15.0. The maximum atomic E-state index is 14.3. The Morgan fingerprint density at radius 1 is 1.27 bits per heavy atom. The van der Waals surface area contributed by atoms with Crippen LogP contribution in [0.3, 0.4) is 0 Å². The van der Waals surface area contributed by atoms with E-state index in [0.29, 0.717) is 22.1 Å². The number of benzene rings is 2. The maximum absolute atomic E-state index is 14.3. The molecule has 0 aromatic heterocycles. The first-order valence-electron chi connectivity index (χ1n) is 7.23. The topological polar surface area (TPSA) is 32.3 Å². The number of nitrogens with zero attached hydrogens (tertiary/aromatic N) is 1. The third-order valence-corrected chi connectivity index (χ3v) is 4.24. The third kappa shape index (κ3) is 2.61. The molecule has 1 aliphatic heterocycles. The van der Waals surface area contributed by atoms with Gasteiger partial charge in [0.1, 0.15) is 12.0 Å². The van der Waals surface area contributed by atoms with Crippen molar-refractivity contribution in [3.05, 3.63) is 63.9 Å². The highest BCUT2D eigenvalue weighted by molar-refractivity contribution is 9.10. The molecule has 22 heavy (non-hydrogen) atoms. The van der Waals surface area contributed by atoms with Crippen LogP contribution in [-0.2, 0) is 0 Å². The van der Waals surface area contributed by atoms with E-state index in [2.05, 4.69) is 21.2 Å². The Labute approximate surface area is 137 Å². The van der Waals surface area contributed by atoms with Crippen molar-refractivity contribution < 1.29 is 9.18 Å². The molecule has 2 aromatic rings. The number of hydrogen-bond donors (Lipinski definition) is 1. The van der Waals surface area contributed by atoms with Crippen LogP contribution in [-0.4, -0.2) is 17.4 Å². The average molecular weight is 363 g/mol. The van der Waals surface area contributed by atoms with E-state index in [1.165, 1.54) is 6.07 Å². The van der Waals surface area contributed by atoms with Gasteiger partial charge in [0.25, 0.3) is 5.91 Å². The van der Waals surface area contributed by atoms with Crippen LogP contribution < -0.4 is 5.32 Å². The van der Waals surface area contributed by atoms with Gasteiger partial charge in [-0.05, 0) is 30.7 Å². The molecule has 5 heteroatoms. The summed E-state index contributed by atoms with van der Waals surface area (Å²) in [6, 6.07) is 12.3. The summed E-state index contributed by atoms with van der Waals surface area (Å²) in [5, 5.41) is 3.29. The SMILES string of the molecule is CCCN1C(=O)c2ccccc2NC1c1ccc(Br)cc1F. The number of carbonyl (C=O) groups is 1. The molecule has 0 bridgehead atoms. The van der Waals surface area contributed by atoms with Gasteiger partial charge >= 0.3 is 0 Å². The van der Waals surface area contributed by atoms with E-state index < -0.39 is 6.17 Å². The number of hydrogen-bond acceptors (Lipinski definition) is 2. The van der Waals surface area contributed by atoms with Gasteiger partial charge < -0.3 is 10.2 Å². The molecule has 2 aromatic carbocycles. The highest BCUT2D eigenvalue weighted by Gasteiger charge is 2.33. The minimum absolute atomic E-state index is 0.0662. The summed E-state index contributed by atoms with van der Waals surface area (Å²) in [6.45, 7) is 2.57. The number of fused-ring (bicyclic) bond motifs is 1. The molecular formula is C17H16BrFN2O. The Bertz CT molecular complexity index is 720. The third-order valence-electron chi connectivity index (χ3n) is 3.74. The summed E-state index contributed by atoms with van der Waals surface area (Å²) in [5.74, 6) is -0.399. The molecule has 3 rings (SSSR count). The van der Waals surface area contributed by atoms with Crippen LogP contribution >= 0.6 is 15.9 Å². The van der Waals surface area contributed by atoms with Crippen LogP contribution in [0.5, 0.6) is 0 Å². The van der Waals surface area contributed by atoms with E-state index >= 15 is 0 Å². The number of carbonyl (C=O) groups excluding carboxylic acids is 1. The number of halogens is 2. The molecule has 0 aliphatic carbocycles. The molecule has 0 saturated carbocycles. The number of para-hydroxylation sites is 1. The number of rotatable bonds is 3. The van der Waals surface area contributed by atoms with Crippen LogP contribution in [0.4, 0.5) is 10.1 Å². The van der Waals surface area contributed by atoms with Gasteiger partial charge in [-0.3, -0.25) is 4.79 Å². The first-order chi connectivity index (χ1) is 10.6. The predicted molar refractivity (Wildman–Crippen MR) is 88.2 cm³/mol. The van der Waals surface area contributed by atoms with Crippen molar-refractivity contribution in [1.82, 2.24) is 4.90 Å². The fourth-order valence-electron chi connectivity index (χ4n) is 2.73. The fourth-order valence-corrected chi connectivity index (χ4v) is 3.07. The van der Waals surface area contributed by atoms with Crippen molar-refractivity contribution >= 4 is 27.5 Å². The van der Waals surface area contributed by atoms with Gasteiger partial charge in [0, 0.05) is 22.3 Å². The van der Waals surface area contributed by atoms with Crippen molar-refractivity contribution in [3.63, 3.8) is 0 Å². The summed E-state index contributed by atoms with van der Waals surface area (Å²) in [4.78, 5) is 14.4. The highest BCUT2D eigenvalue weighted by Crippen LogP contribution is 2.34. The van der Waals surface area contributed by atoms with E-state index in [4.69, 9.17) is 0 Å². The molecule has 1 heterocycles. The Morgan fingerprint density at radius 3 is 2.77 bits per heavy atom. The second kappa shape index (κ2) is 6.08. The molecule has 0 radical (unpaired) electrons. The molecule has 1 amide bonds. The van der Waals surface area contributed by atoms with Crippen molar-refractivity contribution in [2.75, 3.05) is 11.9 Å². The Kier molecular flexibility index (Phi) is 4.16. The number of anilines is 1. The van der Waals surface area contributed by atoms with E-state index in [1.54, 1.807) is 23.1 Å². The van der Waals surface area contributed by atoms with E-state index in [0.717, 1.165) is 12.1 Å². The first kappa shape index (κ1) is 15.0. The smallest absolute Gasteiger partial charge is 0.257 e.